The van der Waals surface area contributed by atoms with Gasteiger partial charge in [-0.1, -0.05) is 0 Å². The summed E-state index contributed by atoms with van der Waals surface area (Å²) in [6.45, 7) is -2.06. The van der Waals surface area contributed by atoms with Crippen molar-refractivity contribution >= 4 is 59.8 Å². The van der Waals surface area contributed by atoms with Crippen LogP contribution in [0.3, 0.4) is 0 Å². The van der Waals surface area contributed by atoms with Crippen molar-refractivity contribution in [3.8, 4) is 0 Å². The van der Waals surface area contributed by atoms with Crippen molar-refractivity contribution in [2.75, 3.05) is 79.2 Å². The molecule has 0 spiro atoms. The average Bonchev–Trinajstić information content (AvgIpc) is 2.78. The Hall–Kier alpha value is 0.137. The second kappa shape index (κ2) is 35.1. The van der Waals surface area contributed by atoms with Crippen LogP contribution < -0.4 is 31.1 Å². The quantitative estimate of drug-likeness (QED) is 0.0804. The Bertz CT molecular complexity index is 392. The molecule has 0 unspecified atom stereocenters. The third-order valence-electron chi connectivity index (χ3n) is 3.72. The third kappa shape index (κ3) is 28.7. The number of hydrogen-bond donors (Lipinski definition) is 6. The maximum Gasteiger partial charge on any atom is 4.00 e. The molecule has 0 radical (unpaired) electrons. The summed E-state index contributed by atoms with van der Waals surface area (Å²) in [5, 5.41) is 79.8. The van der Waals surface area contributed by atoms with Crippen LogP contribution in [0, 0.1) is 29.7 Å². The number of carbonyl (C=O) groups is 2. The molecule has 0 amide bonds. The zero-order chi connectivity index (χ0) is 23.5. The number of nitrogens with one attached hydrogen (secondary N) is 2. The van der Waals surface area contributed by atoms with Gasteiger partial charge in [-0.2, -0.15) is 0 Å². The number of aliphatic hydroxyl groups is 4. The van der Waals surface area contributed by atoms with Crippen molar-refractivity contribution in [2.24, 2.45) is 0 Å². The van der Waals surface area contributed by atoms with E-state index >= 15 is 0 Å². The van der Waals surface area contributed by atoms with Crippen LogP contribution in [0.4, 0.5) is 0 Å². The molecule has 0 bridgehead atoms. The molecule has 1 fully saturated rings. The summed E-state index contributed by atoms with van der Waals surface area (Å²) >= 11 is 0. The summed E-state index contributed by atoms with van der Waals surface area (Å²) in [7, 11) is 0. The molecule has 14 nitrogen and oxygen atoms in total. The number of carboxylic acid groups (broad SMARTS) is 2. The van der Waals surface area contributed by atoms with E-state index in [0.29, 0.717) is 0 Å². The van der Waals surface area contributed by atoms with E-state index in [-0.39, 0.29) is 77.5 Å². The number of ether oxygens (including phenoxy) is 2. The summed E-state index contributed by atoms with van der Waals surface area (Å²) in [5.74, 6) is -2.79. The number of aliphatic carboxylic acids is 2. The van der Waals surface area contributed by atoms with Crippen LogP contribution in [0.2, 0.25) is 0 Å². The molecule has 0 aliphatic carbocycles. The van der Waals surface area contributed by atoms with Crippen molar-refractivity contribution in [1.29, 1.82) is 0 Å². The van der Waals surface area contributed by atoms with E-state index < -0.39 is 75.7 Å². The summed E-state index contributed by atoms with van der Waals surface area (Å²) in [5.41, 5.74) is -2.92. The fraction of sp³-hybridized carbons (Fsp3) is 0.700. The molecule has 1 rings (SSSR count). The first kappa shape index (κ1) is 56.4. The molecule has 0 atom stereocenters. The number of carboxylic acids is 2. The van der Waals surface area contributed by atoms with Gasteiger partial charge in [0.2, 0.25) is 0 Å². The minimum atomic E-state index is -1.46. The van der Waals surface area contributed by atoms with Crippen LogP contribution in [-0.4, -0.2) is 170 Å². The van der Waals surface area contributed by atoms with Crippen LogP contribution in [0.15, 0.2) is 0 Å². The van der Waals surface area contributed by atoms with Gasteiger partial charge in [-0.15, -0.1) is 13.2 Å². The molecule has 1 aliphatic heterocycles. The van der Waals surface area contributed by atoms with Crippen LogP contribution >= 0.6 is 0 Å². The van der Waals surface area contributed by atoms with Crippen LogP contribution in [0.1, 0.15) is 0 Å². The fourth-order valence-electron chi connectivity index (χ4n) is 1.57. The summed E-state index contributed by atoms with van der Waals surface area (Å²) in [4.78, 5) is 19.9. The zero-order valence-electron chi connectivity index (χ0n) is 21.5. The maximum absolute atomic E-state index is 10.4. The van der Waals surface area contributed by atoms with Gasteiger partial charge in [0.25, 0.3) is 0 Å². The number of rotatable bonds is 12. The van der Waals surface area contributed by atoms with Crippen LogP contribution in [0.5, 0.6) is 0 Å². The van der Waals surface area contributed by atoms with E-state index in [1.165, 1.54) is 0 Å². The minimum absolute atomic E-state index is 0. The van der Waals surface area contributed by atoms with Crippen molar-refractivity contribution in [2.45, 2.75) is 11.1 Å². The summed E-state index contributed by atoms with van der Waals surface area (Å²) < 4.78 is 9.89. The number of carbonyl (C=O) groups excluding carboxylic acids is 2. The second-order valence-corrected chi connectivity index (χ2v) is 6.16. The molecule has 36 heavy (non-hydrogen) atoms. The topological polar surface area (TPSA) is 250 Å². The van der Waals surface area contributed by atoms with E-state index in [1.54, 1.807) is 0 Å². The van der Waals surface area contributed by atoms with E-state index in [1.807, 2.05) is 0 Å². The Morgan fingerprint density at radius 1 is 0.639 bits per heavy atom. The van der Waals surface area contributed by atoms with Gasteiger partial charge in [0.15, 0.2) is 0 Å². The molecule has 0 aromatic carbocycles. The first-order valence-electron chi connectivity index (χ1n) is 8.85. The minimum Gasteiger partial charge on any atom is -0.853 e. The Labute approximate surface area is 249 Å². The molecule has 16 heteroatoms. The van der Waals surface area contributed by atoms with E-state index in [2.05, 4.69) is 10.6 Å². The summed E-state index contributed by atoms with van der Waals surface area (Å²) in [6, 6.07) is 0. The second-order valence-electron chi connectivity index (χ2n) is 6.16. The van der Waals surface area contributed by atoms with Gasteiger partial charge >= 0.3 is 47.8 Å². The fourth-order valence-corrected chi connectivity index (χ4v) is 1.57. The van der Waals surface area contributed by atoms with Gasteiger partial charge in [-0.3, -0.25) is 0 Å². The maximum atomic E-state index is 10.4. The van der Waals surface area contributed by atoms with Crippen molar-refractivity contribution < 1.29 is 59.9 Å². The van der Waals surface area contributed by atoms with Crippen LogP contribution in [-0.2, 0) is 19.1 Å². The van der Waals surface area contributed by atoms with Crippen molar-refractivity contribution in [3.05, 3.63) is 29.7 Å². The van der Waals surface area contributed by atoms with Gasteiger partial charge in [0.1, 0.15) is 0 Å². The molecule has 0 aromatic rings. The van der Waals surface area contributed by atoms with Crippen LogP contribution in [0.25, 0.3) is 0 Å². The average molecular weight is 740 g/mol. The van der Waals surface area contributed by atoms with Crippen molar-refractivity contribution in [3.63, 3.8) is 0 Å². The van der Waals surface area contributed by atoms with Gasteiger partial charge in [0.05, 0.1) is 64.8 Å². The molecule has 212 valence electrons. The van der Waals surface area contributed by atoms with Gasteiger partial charge in [-0.05, 0) is 0 Å². The monoisotopic (exact) mass is 742 g/mol. The Morgan fingerprint density at radius 2 is 0.861 bits per heavy atom. The first-order chi connectivity index (χ1) is 14.2. The molecule has 6 N–H and O–H groups in total. The van der Waals surface area contributed by atoms with E-state index in [0.717, 1.165) is 26.4 Å². The smallest absolute Gasteiger partial charge is 0.853 e. The number of hydrogen-bond acceptors (Lipinski definition) is 14. The molecular formula is C20H42N2O12Sn2. The standard InChI is InChI=1S/2C6H12NO5.C4H8O2.4CH3.2Sn/c2*8-2-6(3-9,4-10)7-1-5(11)12;1-2-6-4-3-5-1;;;;;;/h2*7-9H,1-4H2,(H,11,12);1-4H2;4*1H3;;/q2*-1;;4*-1;2*+4/p-2. The van der Waals surface area contributed by atoms with Gasteiger partial charge < -0.3 is 100 Å². The van der Waals surface area contributed by atoms with E-state index in [9.17, 15) is 30.0 Å². The predicted molar refractivity (Wildman–Crippen MR) is 128 cm³/mol. The zero-order valence-corrected chi connectivity index (χ0v) is 27.2. The molecule has 1 aliphatic rings. The largest absolute Gasteiger partial charge is 4.00 e. The van der Waals surface area contributed by atoms with Gasteiger partial charge in [0, 0.05) is 24.2 Å². The number of aliphatic hydroxyl groups excluding tert-OH is 4. The third-order valence-corrected chi connectivity index (χ3v) is 3.72. The Kier molecular flexibility index (Phi) is 55.0. The summed E-state index contributed by atoms with van der Waals surface area (Å²) in [6.07, 6.45) is 0. The van der Waals surface area contributed by atoms with E-state index in [4.69, 9.17) is 29.9 Å². The van der Waals surface area contributed by atoms with Crippen molar-refractivity contribution in [1.82, 2.24) is 10.6 Å². The predicted octanol–water partition coefficient (Wildman–Crippen LogP) is -8.11. The first-order valence-corrected chi connectivity index (χ1v) is 8.85. The Morgan fingerprint density at radius 3 is 0.972 bits per heavy atom. The molecule has 1 heterocycles. The molecule has 1 saturated heterocycles. The SMILES string of the molecule is C1COCCO1.O=C([O-])CNC(C[O-])(CO)CO.O=C([O-])CNC(C[O-])(CO)CO.[CH3-].[CH3-].[CH3-].[CH3-].[Sn+4].[Sn+4]. The van der Waals surface area contributed by atoms with Gasteiger partial charge in [-0.25, -0.2) is 0 Å². The molecule has 0 aromatic heterocycles. The molecular weight excluding hydrogens is 698 g/mol. The normalized spacial score (nSPS) is 11.7. The Balaban J connectivity index is -0.0000000521. The molecule has 0 saturated carbocycles.